The Balaban J connectivity index is 1.31. The number of aryl methyl sites for hydroxylation is 1. The Bertz CT molecular complexity index is 1620. The number of fused-ring (bicyclic) bond motifs is 7. The molecule has 0 aliphatic heterocycles. The Labute approximate surface area is 274 Å². The van der Waals surface area contributed by atoms with E-state index in [2.05, 4.69) is 20.8 Å². The Morgan fingerprint density at radius 2 is 1.57 bits per heavy atom. The van der Waals surface area contributed by atoms with E-state index in [4.69, 9.17) is 18.3 Å². The Morgan fingerprint density at radius 3 is 2.19 bits per heavy atom. The molecule has 1 heterocycles. The van der Waals surface area contributed by atoms with Crippen LogP contribution in [0.3, 0.4) is 0 Å². The molecule has 1 aromatic rings. The van der Waals surface area contributed by atoms with Gasteiger partial charge in [-0.3, -0.25) is 14.4 Å². The van der Waals surface area contributed by atoms with Crippen LogP contribution in [0.15, 0.2) is 25.3 Å². The number of carboxylic acid groups (broad SMARTS) is 2. The van der Waals surface area contributed by atoms with E-state index in [0.29, 0.717) is 32.1 Å². The van der Waals surface area contributed by atoms with Gasteiger partial charge >= 0.3 is 23.9 Å². The van der Waals surface area contributed by atoms with E-state index in [1.165, 1.54) is 6.92 Å². The summed E-state index contributed by atoms with van der Waals surface area (Å²) in [6.07, 6.45) is 5.40. The van der Waals surface area contributed by atoms with Gasteiger partial charge in [-0.25, -0.2) is 9.59 Å². The Morgan fingerprint density at radius 1 is 0.894 bits per heavy atom. The maximum absolute atomic E-state index is 14.6. The van der Waals surface area contributed by atoms with E-state index in [9.17, 15) is 34.2 Å². The van der Waals surface area contributed by atoms with Crippen molar-refractivity contribution < 1.29 is 47.7 Å². The van der Waals surface area contributed by atoms with Crippen LogP contribution in [-0.4, -0.2) is 40.2 Å². The highest BCUT2D eigenvalue weighted by molar-refractivity contribution is 5.96. The van der Waals surface area contributed by atoms with Crippen LogP contribution in [0.25, 0.3) is 0 Å². The highest BCUT2D eigenvalue weighted by Gasteiger charge is 2.72. The molecule has 0 amide bonds. The lowest BCUT2D eigenvalue weighted by atomic mass is 9.33. The molecule has 10 atom stereocenters. The number of rotatable bonds is 5. The normalized spacial score (nSPS) is 44.1. The molecule has 11 heteroatoms. The number of allylic oxidation sites excluding steroid dienone is 2. The fraction of sp³-hybridized carbons (Fsp3) is 0.750. The van der Waals surface area contributed by atoms with Crippen LogP contribution in [-0.2, 0) is 30.5 Å². The molecule has 4 saturated carbocycles. The molecule has 5 aliphatic carbocycles. The van der Waals surface area contributed by atoms with Crippen LogP contribution in [0.4, 0.5) is 4.79 Å². The summed E-state index contributed by atoms with van der Waals surface area (Å²) in [7, 11) is 0. The van der Waals surface area contributed by atoms with Crippen molar-refractivity contribution in [3.8, 4) is 0 Å². The molecular formula is C36H48O11. The maximum atomic E-state index is 14.6. The predicted octanol–water partition coefficient (Wildman–Crippen LogP) is 6.69. The van der Waals surface area contributed by atoms with Crippen LogP contribution in [0.2, 0.25) is 0 Å². The first-order valence-corrected chi connectivity index (χ1v) is 16.9. The van der Waals surface area contributed by atoms with Gasteiger partial charge in [0.25, 0.3) is 0 Å². The average molecular weight is 657 g/mol. The summed E-state index contributed by atoms with van der Waals surface area (Å²) in [6, 6.07) is 0. The molecule has 1 aromatic heterocycles. The fourth-order valence-corrected chi connectivity index (χ4v) is 11.3. The topological polar surface area (TPSA) is 171 Å². The first-order chi connectivity index (χ1) is 21.7. The largest absolute Gasteiger partial charge is 0.519 e. The molecular weight excluding hydrogens is 608 g/mol. The summed E-state index contributed by atoms with van der Waals surface area (Å²) < 4.78 is 20.6. The van der Waals surface area contributed by atoms with Gasteiger partial charge < -0.3 is 28.5 Å². The predicted molar refractivity (Wildman–Crippen MR) is 166 cm³/mol. The van der Waals surface area contributed by atoms with E-state index in [1.54, 1.807) is 6.92 Å². The average Bonchev–Trinajstić information content (AvgIpc) is 3.31. The standard InChI is InChI=1S/C36H48O11/c1-19-23(46-30(43)45-19)18-44-29(42)47-25-9-10-33(4)24(36(25,7)28(40)41)8-11-35(6)26(33)22(37)16-20-21-17-32(3,27(38)39)13-12-31(21,2)14-15-34(20,35)5/h16,21,24-26H,8-15,17-18H2,1-7H3,(H,38,39)(H,40,41)/t21-,24+,25-,26+,31+,32-,33-,34+,35+,36-/m0/s1. The zero-order chi connectivity index (χ0) is 34.5. The van der Waals surface area contributed by atoms with E-state index in [0.717, 1.165) is 24.8 Å². The summed E-state index contributed by atoms with van der Waals surface area (Å²) in [5, 5.41) is 20.9. The van der Waals surface area contributed by atoms with E-state index >= 15 is 0 Å². The second-order valence-electron chi connectivity index (χ2n) is 16.8. The minimum Gasteiger partial charge on any atom is -0.481 e. The number of ether oxygens (including phenoxy) is 2. The molecule has 11 nitrogen and oxygen atoms in total. The van der Waals surface area contributed by atoms with Crippen LogP contribution in [0, 0.1) is 57.2 Å². The Hall–Kier alpha value is -3.37. The van der Waals surface area contributed by atoms with Crippen molar-refractivity contribution in [3.05, 3.63) is 33.8 Å². The number of carboxylic acids is 2. The molecule has 0 unspecified atom stereocenters. The van der Waals surface area contributed by atoms with Crippen molar-refractivity contribution in [1.82, 2.24) is 0 Å². The van der Waals surface area contributed by atoms with Crippen molar-refractivity contribution in [2.45, 2.75) is 119 Å². The molecule has 6 rings (SSSR count). The molecule has 4 fully saturated rings. The number of aliphatic carboxylic acids is 2. The van der Waals surface area contributed by atoms with Crippen LogP contribution < -0.4 is 5.82 Å². The third kappa shape index (κ3) is 4.60. The first kappa shape index (κ1) is 33.5. The highest BCUT2D eigenvalue weighted by Crippen LogP contribution is 2.75. The maximum Gasteiger partial charge on any atom is 0.519 e. The summed E-state index contributed by atoms with van der Waals surface area (Å²) >= 11 is 0. The molecule has 0 spiro atoms. The molecule has 5 aliphatic rings. The minimum absolute atomic E-state index is 0.00233. The summed E-state index contributed by atoms with van der Waals surface area (Å²) in [5.41, 5.74) is -2.82. The molecule has 258 valence electrons. The third-order valence-corrected chi connectivity index (χ3v) is 14.6. The van der Waals surface area contributed by atoms with Gasteiger partial charge in [0.05, 0.1) is 5.41 Å². The van der Waals surface area contributed by atoms with Gasteiger partial charge in [-0.2, -0.15) is 0 Å². The van der Waals surface area contributed by atoms with Crippen LogP contribution in [0.5, 0.6) is 0 Å². The van der Waals surface area contributed by atoms with Gasteiger partial charge in [-0.1, -0.05) is 33.3 Å². The lowest BCUT2D eigenvalue weighted by Crippen LogP contribution is -2.68. The molecule has 0 aromatic carbocycles. The van der Waals surface area contributed by atoms with Gasteiger partial charge in [0, 0.05) is 5.92 Å². The SMILES string of the molecule is Cc1oc(=O)oc1COC(=O)O[C@H]1CC[C@@]2(C)[C@@H](CC[C@]3(C)[C@@H]2C(=O)C=C2[C@@H]4C[C@@](C)(C(=O)O)CC[C@]4(C)CC[C@]23C)[C@]1(C)C(=O)O. The Kier molecular flexibility index (Phi) is 7.54. The van der Waals surface area contributed by atoms with Crippen molar-refractivity contribution in [1.29, 1.82) is 0 Å². The highest BCUT2D eigenvalue weighted by atomic mass is 16.7. The summed E-state index contributed by atoms with van der Waals surface area (Å²) in [4.78, 5) is 64.3. The number of hydrogen-bond acceptors (Lipinski definition) is 9. The fourth-order valence-electron chi connectivity index (χ4n) is 11.3. The second-order valence-corrected chi connectivity index (χ2v) is 16.8. The van der Waals surface area contributed by atoms with Crippen molar-refractivity contribution in [3.63, 3.8) is 0 Å². The number of ketones is 1. The first-order valence-electron chi connectivity index (χ1n) is 16.9. The molecule has 47 heavy (non-hydrogen) atoms. The summed E-state index contributed by atoms with van der Waals surface area (Å²) in [6.45, 7) is 13.3. The van der Waals surface area contributed by atoms with Crippen molar-refractivity contribution >= 4 is 23.9 Å². The van der Waals surface area contributed by atoms with Crippen LogP contribution >= 0.6 is 0 Å². The zero-order valence-corrected chi connectivity index (χ0v) is 28.5. The second kappa shape index (κ2) is 10.6. The summed E-state index contributed by atoms with van der Waals surface area (Å²) in [5.74, 6) is -3.52. The van der Waals surface area contributed by atoms with Gasteiger partial charge in [-0.05, 0) is 118 Å². The molecule has 0 saturated heterocycles. The lowest BCUT2D eigenvalue weighted by Gasteiger charge is -2.70. The van der Waals surface area contributed by atoms with Gasteiger partial charge in [0.2, 0.25) is 0 Å². The number of hydrogen-bond donors (Lipinski definition) is 2. The van der Waals surface area contributed by atoms with E-state index < -0.39 is 70.1 Å². The van der Waals surface area contributed by atoms with Gasteiger partial charge in [0.1, 0.15) is 11.5 Å². The molecule has 0 bridgehead atoms. The lowest BCUT2D eigenvalue weighted by molar-refractivity contribution is -0.216. The molecule has 2 N–H and O–H groups in total. The number of carbonyl (C=O) groups excluding carboxylic acids is 2. The van der Waals surface area contributed by atoms with Gasteiger partial charge in [-0.15, -0.1) is 0 Å². The van der Waals surface area contributed by atoms with Crippen molar-refractivity contribution in [2.24, 2.45) is 50.2 Å². The van der Waals surface area contributed by atoms with E-state index in [1.807, 2.05) is 19.9 Å². The van der Waals surface area contributed by atoms with E-state index in [-0.39, 0.29) is 40.5 Å². The third-order valence-electron chi connectivity index (χ3n) is 14.6. The number of carbonyl (C=O) groups is 4. The monoisotopic (exact) mass is 656 g/mol. The quantitative estimate of drug-likeness (QED) is 0.324. The minimum atomic E-state index is -1.49. The van der Waals surface area contributed by atoms with Crippen LogP contribution in [0.1, 0.15) is 111 Å². The molecule has 0 radical (unpaired) electrons. The smallest absolute Gasteiger partial charge is 0.481 e. The zero-order valence-electron chi connectivity index (χ0n) is 28.5. The van der Waals surface area contributed by atoms with Gasteiger partial charge in [0.15, 0.2) is 23.9 Å². The van der Waals surface area contributed by atoms with Crippen molar-refractivity contribution in [2.75, 3.05) is 0 Å².